The van der Waals surface area contributed by atoms with Gasteiger partial charge in [-0.25, -0.2) is 4.39 Å². The molecule has 100 valence electrons. The van der Waals surface area contributed by atoms with Crippen molar-refractivity contribution in [3.05, 3.63) is 29.6 Å². The van der Waals surface area contributed by atoms with Crippen molar-refractivity contribution in [1.82, 2.24) is 5.32 Å². The van der Waals surface area contributed by atoms with Gasteiger partial charge in [-0.15, -0.1) is 0 Å². The number of nitrogens with one attached hydrogen (secondary N) is 1. The van der Waals surface area contributed by atoms with E-state index in [1.807, 2.05) is 13.1 Å². The summed E-state index contributed by atoms with van der Waals surface area (Å²) >= 11 is 0. The molecule has 0 spiro atoms. The summed E-state index contributed by atoms with van der Waals surface area (Å²) in [6, 6.07) is 5.29. The van der Waals surface area contributed by atoms with Crippen LogP contribution in [-0.2, 0) is 11.3 Å². The molecule has 1 aliphatic rings. The quantitative estimate of drug-likeness (QED) is 0.888. The van der Waals surface area contributed by atoms with Crippen molar-refractivity contribution in [3.8, 4) is 0 Å². The predicted octanol–water partition coefficient (Wildman–Crippen LogP) is 2.16. The van der Waals surface area contributed by atoms with Crippen LogP contribution < -0.4 is 10.2 Å². The Morgan fingerprint density at radius 2 is 2.33 bits per heavy atom. The van der Waals surface area contributed by atoms with Crippen molar-refractivity contribution in [2.45, 2.75) is 25.5 Å². The maximum absolute atomic E-state index is 13.9. The summed E-state index contributed by atoms with van der Waals surface area (Å²) in [7, 11) is 3.58. The molecule has 1 heterocycles. The highest BCUT2D eigenvalue weighted by atomic mass is 19.1. The van der Waals surface area contributed by atoms with Gasteiger partial charge in [0, 0.05) is 38.0 Å². The molecular formula is C14H21FN2O. The van der Waals surface area contributed by atoms with Gasteiger partial charge >= 0.3 is 0 Å². The molecule has 0 bridgehead atoms. The van der Waals surface area contributed by atoms with E-state index < -0.39 is 0 Å². The highest BCUT2D eigenvalue weighted by Crippen LogP contribution is 2.26. The highest BCUT2D eigenvalue weighted by molar-refractivity contribution is 5.54. The number of benzene rings is 1. The molecule has 18 heavy (non-hydrogen) atoms. The van der Waals surface area contributed by atoms with E-state index in [9.17, 15) is 4.39 Å². The number of rotatable bonds is 4. The maximum Gasteiger partial charge on any atom is 0.129 e. The Kier molecular flexibility index (Phi) is 4.55. The molecule has 2 rings (SSSR count). The molecule has 3 nitrogen and oxygen atoms in total. The van der Waals surface area contributed by atoms with Gasteiger partial charge in [-0.2, -0.15) is 0 Å². The SMILES string of the molecule is CNCc1c(F)cccc1N1CCCC(OC)C1. The van der Waals surface area contributed by atoms with E-state index in [4.69, 9.17) is 4.74 Å². The van der Waals surface area contributed by atoms with Crippen LogP contribution in [-0.4, -0.2) is 33.4 Å². The Morgan fingerprint density at radius 1 is 1.50 bits per heavy atom. The van der Waals surface area contributed by atoms with Crippen LogP contribution in [0.2, 0.25) is 0 Å². The van der Waals surface area contributed by atoms with Gasteiger partial charge in [0.05, 0.1) is 6.10 Å². The fourth-order valence-corrected chi connectivity index (χ4v) is 2.54. The molecule has 0 radical (unpaired) electrons. The average molecular weight is 252 g/mol. The lowest BCUT2D eigenvalue weighted by molar-refractivity contribution is 0.0893. The molecule has 4 heteroatoms. The normalized spacial score (nSPS) is 20.2. The summed E-state index contributed by atoms with van der Waals surface area (Å²) in [6.07, 6.45) is 2.43. The Hall–Kier alpha value is -1.13. The third-order valence-corrected chi connectivity index (χ3v) is 3.50. The first-order valence-corrected chi connectivity index (χ1v) is 6.46. The van der Waals surface area contributed by atoms with Crippen molar-refractivity contribution < 1.29 is 9.13 Å². The summed E-state index contributed by atoms with van der Waals surface area (Å²) in [5, 5.41) is 3.03. The minimum atomic E-state index is -0.138. The molecule has 0 amide bonds. The third-order valence-electron chi connectivity index (χ3n) is 3.50. The van der Waals surface area contributed by atoms with Gasteiger partial charge in [0.15, 0.2) is 0 Å². The molecule has 1 unspecified atom stereocenters. The van der Waals surface area contributed by atoms with Gasteiger partial charge in [0.2, 0.25) is 0 Å². The Bertz CT molecular complexity index is 397. The largest absolute Gasteiger partial charge is 0.380 e. The zero-order chi connectivity index (χ0) is 13.0. The number of ether oxygens (including phenoxy) is 1. The summed E-state index contributed by atoms with van der Waals surface area (Å²) in [5.74, 6) is -0.138. The summed E-state index contributed by atoms with van der Waals surface area (Å²) < 4.78 is 19.3. The van der Waals surface area contributed by atoms with Crippen LogP contribution in [0, 0.1) is 5.82 Å². The number of hydrogen-bond acceptors (Lipinski definition) is 3. The molecule has 1 N–H and O–H groups in total. The highest BCUT2D eigenvalue weighted by Gasteiger charge is 2.22. The van der Waals surface area contributed by atoms with Gasteiger partial charge in [-0.05, 0) is 32.0 Å². The number of methoxy groups -OCH3 is 1. The topological polar surface area (TPSA) is 24.5 Å². The Morgan fingerprint density at radius 3 is 3.06 bits per heavy atom. The minimum absolute atomic E-state index is 0.138. The van der Waals surface area contributed by atoms with Crippen molar-refractivity contribution in [2.75, 3.05) is 32.1 Å². The fourth-order valence-electron chi connectivity index (χ4n) is 2.54. The third kappa shape index (κ3) is 2.82. The van der Waals surface area contributed by atoms with Crippen LogP contribution in [0.15, 0.2) is 18.2 Å². The zero-order valence-corrected chi connectivity index (χ0v) is 11.1. The Balaban J connectivity index is 2.23. The van der Waals surface area contributed by atoms with Crippen molar-refractivity contribution in [3.63, 3.8) is 0 Å². The maximum atomic E-state index is 13.9. The molecule has 1 fully saturated rings. The van der Waals surface area contributed by atoms with Crippen LogP contribution in [0.4, 0.5) is 10.1 Å². The van der Waals surface area contributed by atoms with Gasteiger partial charge < -0.3 is 15.0 Å². The van der Waals surface area contributed by atoms with Gasteiger partial charge in [0.1, 0.15) is 5.82 Å². The first-order valence-electron chi connectivity index (χ1n) is 6.46. The first-order chi connectivity index (χ1) is 8.76. The predicted molar refractivity (Wildman–Crippen MR) is 71.4 cm³/mol. The number of piperidine rings is 1. The molecular weight excluding hydrogens is 231 g/mol. The first kappa shape index (κ1) is 13.3. The lowest BCUT2D eigenvalue weighted by Gasteiger charge is -2.35. The van der Waals surface area contributed by atoms with E-state index in [1.54, 1.807) is 13.2 Å². The van der Waals surface area contributed by atoms with Crippen LogP contribution in [0.25, 0.3) is 0 Å². The van der Waals surface area contributed by atoms with E-state index in [-0.39, 0.29) is 11.9 Å². The molecule has 0 aromatic heterocycles. The molecule has 1 aromatic rings. The number of hydrogen-bond donors (Lipinski definition) is 1. The summed E-state index contributed by atoms with van der Waals surface area (Å²) in [5.41, 5.74) is 1.74. The van der Waals surface area contributed by atoms with E-state index in [0.717, 1.165) is 37.2 Å². The standard InChI is InChI=1S/C14H21FN2O/c1-16-9-12-13(15)6-3-7-14(12)17-8-4-5-11(10-17)18-2/h3,6-7,11,16H,4-5,8-10H2,1-2H3. The summed E-state index contributed by atoms with van der Waals surface area (Å²) in [6.45, 7) is 2.37. The van der Waals surface area contributed by atoms with Gasteiger partial charge in [-0.1, -0.05) is 6.07 Å². The van der Waals surface area contributed by atoms with Crippen molar-refractivity contribution in [1.29, 1.82) is 0 Å². The van der Waals surface area contributed by atoms with E-state index in [1.165, 1.54) is 6.07 Å². The van der Waals surface area contributed by atoms with Crippen LogP contribution >= 0.6 is 0 Å². The Labute approximate surface area is 108 Å². The smallest absolute Gasteiger partial charge is 0.129 e. The molecule has 1 saturated heterocycles. The van der Waals surface area contributed by atoms with Crippen LogP contribution in [0.3, 0.4) is 0 Å². The lowest BCUT2D eigenvalue weighted by Crippen LogP contribution is -2.40. The molecule has 0 saturated carbocycles. The second-order valence-corrected chi connectivity index (χ2v) is 4.71. The van der Waals surface area contributed by atoms with Crippen LogP contribution in [0.1, 0.15) is 18.4 Å². The second kappa shape index (κ2) is 6.16. The van der Waals surface area contributed by atoms with Crippen molar-refractivity contribution >= 4 is 5.69 Å². The van der Waals surface area contributed by atoms with Crippen molar-refractivity contribution in [2.24, 2.45) is 0 Å². The minimum Gasteiger partial charge on any atom is -0.380 e. The van der Waals surface area contributed by atoms with Gasteiger partial charge in [0.25, 0.3) is 0 Å². The molecule has 1 aliphatic heterocycles. The fraction of sp³-hybridized carbons (Fsp3) is 0.571. The molecule has 1 aromatic carbocycles. The number of anilines is 1. The van der Waals surface area contributed by atoms with Crippen LogP contribution in [0.5, 0.6) is 0 Å². The molecule has 0 aliphatic carbocycles. The monoisotopic (exact) mass is 252 g/mol. The average Bonchev–Trinajstić information content (AvgIpc) is 2.41. The second-order valence-electron chi connectivity index (χ2n) is 4.71. The lowest BCUT2D eigenvalue weighted by atomic mass is 10.0. The van der Waals surface area contributed by atoms with E-state index >= 15 is 0 Å². The van der Waals surface area contributed by atoms with E-state index in [2.05, 4.69) is 10.2 Å². The molecule has 1 atom stereocenters. The zero-order valence-electron chi connectivity index (χ0n) is 11.1. The summed E-state index contributed by atoms with van der Waals surface area (Å²) in [4.78, 5) is 2.23. The number of nitrogens with zero attached hydrogens (tertiary/aromatic N) is 1. The van der Waals surface area contributed by atoms with Gasteiger partial charge in [-0.3, -0.25) is 0 Å². The number of halogens is 1. The van der Waals surface area contributed by atoms with E-state index in [0.29, 0.717) is 6.54 Å².